The Morgan fingerprint density at radius 2 is 1.89 bits per heavy atom. The van der Waals surface area contributed by atoms with Gasteiger partial charge in [0.25, 0.3) is 0 Å². The summed E-state index contributed by atoms with van der Waals surface area (Å²) in [5.74, 6) is 0.984. The van der Waals surface area contributed by atoms with Crippen LogP contribution >= 0.6 is 0 Å². The highest BCUT2D eigenvalue weighted by atomic mass is 32.2. The molecule has 0 aromatic heterocycles. The number of rotatable bonds is 4. The van der Waals surface area contributed by atoms with Gasteiger partial charge in [0.2, 0.25) is 0 Å². The van der Waals surface area contributed by atoms with Crippen LogP contribution in [0.5, 0.6) is 0 Å². The molecule has 106 valence electrons. The molecular weight excluding hydrogens is 248 g/mol. The minimum atomic E-state index is -3.10. The van der Waals surface area contributed by atoms with Gasteiger partial charge in [-0.05, 0) is 46.0 Å². The zero-order valence-corrected chi connectivity index (χ0v) is 12.8. The van der Waals surface area contributed by atoms with Crippen LogP contribution in [-0.4, -0.2) is 24.7 Å². The van der Waals surface area contributed by atoms with Crippen molar-refractivity contribution in [2.24, 2.45) is 11.8 Å². The molecule has 0 heterocycles. The fourth-order valence-electron chi connectivity index (χ4n) is 2.46. The second kappa shape index (κ2) is 5.72. The SMILES string of the molecule is CCC1CCC(=O)C(CCS(=O)(=O)C(C)(C)C)C1. The predicted molar refractivity (Wildman–Crippen MR) is 74.3 cm³/mol. The summed E-state index contributed by atoms with van der Waals surface area (Å²) in [6.45, 7) is 7.31. The molecule has 0 bridgehead atoms. The summed E-state index contributed by atoms with van der Waals surface area (Å²) in [5, 5.41) is 0. The van der Waals surface area contributed by atoms with E-state index in [-0.39, 0.29) is 17.5 Å². The van der Waals surface area contributed by atoms with E-state index in [4.69, 9.17) is 0 Å². The minimum Gasteiger partial charge on any atom is -0.299 e. The lowest BCUT2D eigenvalue weighted by atomic mass is 9.78. The molecule has 0 aliphatic heterocycles. The Morgan fingerprint density at radius 3 is 2.39 bits per heavy atom. The fraction of sp³-hybridized carbons (Fsp3) is 0.929. The molecule has 3 nitrogen and oxygen atoms in total. The van der Waals surface area contributed by atoms with Crippen molar-refractivity contribution in [2.75, 3.05) is 5.75 Å². The van der Waals surface area contributed by atoms with E-state index in [0.717, 1.165) is 19.3 Å². The highest BCUT2D eigenvalue weighted by molar-refractivity contribution is 7.92. The summed E-state index contributed by atoms with van der Waals surface area (Å²) in [6, 6.07) is 0. The van der Waals surface area contributed by atoms with Crippen molar-refractivity contribution in [2.45, 2.75) is 64.5 Å². The zero-order valence-electron chi connectivity index (χ0n) is 12.0. The standard InChI is InChI=1S/C14H26O3S/c1-5-11-6-7-13(15)12(10-11)8-9-18(16,17)14(2,3)4/h11-12H,5-10H2,1-4H3. The van der Waals surface area contributed by atoms with Crippen LogP contribution in [-0.2, 0) is 14.6 Å². The van der Waals surface area contributed by atoms with Gasteiger partial charge in [-0.1, -0.05) is 13.3 Å². The molecule has 4 heteroatoms. The Balaban J connectivity index is 2.60. The quantitative estimate of drug-likeness (QED) is 0.792. The van der Waals surface area contributed by atoms with Gasteiger partial charge in [-0.25, -0.2) is 8.42 Å². The maximum atomic E-state index is 12.0. The third-order valence-corrected chi connectivity index (χ3v) is 6.76. The molecule has 0 amide bonds. The van der Waals surface area contributed by atoms with Gasteiger partial charge >= 0.3 is 0 Å². The number of Topliss-reactive ketones (excluding diaryl/α,β-unsaturated/α-hetero) is 1. The average Bonchev–Trinajstić information content (AvgIpc) is 2.26. The third-order valence-electron chi connectivity index (χ3n) is 4.12. The second-order valence-corrected chi connectivity index (χ2v) is 9.29. The Kier molecular flexibility index (Phi) is 4.98. The van der Waals surface area contributed by atoms with Crippen molar-refractivity contribution in [1.29, 1.82) is 0 Å². The first kappa shape index (κ1) is 15.7. The summed E-state index contributed by atoms with van der Waals surface area (Å²) in [6.07, 6.45) is 4.11. The van der Waals surface area contributed by atoms with Gasteiger partial charge in [0.1, 0.15) is 5.78 Å². The molecule has 0 saturated heterocycles. The third kappa shape index (κ3) is 3.81. The maximum Gasteiger partial charge on any atom is 0.155 e. The molecule has 1 aliphatic rings. The molecule has 2 unspecified atom stereocenters. The van der Waals surface area contributed by atoms with Crippen LogP contribution in [0.4, 0.5) is 0 Å². The van der Waals surface area contributed by atoms with Crippen LogP contribution in [0.25, 0.3) is 0 Å². The zero-order chi connectivity index (χ0) is 14.0. The van der Waals surface area contributed by atoms with Crippen molar-refractivity contribution in [3.63, 3.8) is 0 Å². The van der Waals surface area contributed by atoms with E-state index in [9.17, 15) is 13.2 Å². The van der Waals surface area contributed by atoms with Gasteiger partial charge in [-0.3, -0.25) is 4.79 Å². The predicted octanol–water partition coefficient (Wildman–Crippen LogP) is 2.99. The van der Waals surface area contributed by atoms with Crippen LogP contribution in [0.2, 0.25) is 0 Å². The van der Waals surface area contributed by atoms with Gasteiger partial charge in [-0.15, -0.1) is 0 Å². The average molecular weight is 274 g/mol. The smallest absolute Gasteiger partial charge is 0.155 e. The van der Waals surface area contributed by atoms with Crippen LogP contribution in [0.15, 0.2) is 0 Å². The summed E-state index contributed by atoms with van der Waals surface area (Å²) < 4.78 is 23.4. The van der Waals surface area contributed by atoms with E-state index in [1.807, 2.05) is 0 Å². The summed E-state index contributed by atoms with van der Waals surface area (Å²) >= 11 is 0. The Hall–Kier alpha value is -0.380. The van der Waals surface area contributed by atoms with Crippen molar-refractivity contribution < 1.29 is 13.2 Å². The van der Waals surface area contributed by atoms with Gasteiger partial charge in [0.05, 0.1) is 10.5 Å². The van der Waals surface area contributed by atoms with Crippen molar-refractivity contribution in [3.8, 4) is 0 Å². The van der Waals surface area contributed by atoms with E-state index < -0.39 is 14.6 Å². The highest BCUT2D eigenvalue weighted by Gasteiger charge is 2.33. The van der Waals surface area contributed by atoms with E-state index in [0.29, 0.717) is 18.8 Å². The molecular formula is C14H26O3S. The van der Waals surface area contributed by atoms with Crippen LogP contribution < -0.4 is 0 Å². The first-order chi connectivity index (χ1) is 8.17. The molecule has 2 atom stereocenters. The normalized spacial score (nSPS) is 26.3. The molecule has 1 rings (SSSR count). The molecule has 1 saturated carbocycles. The van der Waals surface area contributed by atoms with Gasteiger partial charge in [0.15, 0.2) is 9.84 Å². The molecule has 0 spiro atoms. The summed E-state index contributed by atoms with van der Waals surface area (Å²) in [7, 11) is -3.10. The molecule has 0 aromatic rings. The number of ketones is 1. The number of sulfone groups is 1. The molecule has 1 fully saturated rings. The Labute approximate surface area is 111 Å². The molecule has 1 aliphatic carbocycles. The second-order valence-electron chi connectivity index (χ2n) is 6.43. The summed E-state index contributed by atoms with van der Waals surface area (Å²) in [5.41, 5.74) is 0. The van der Waals surface area contributed by atoms with E-state index in [1.54, 1.807) is 20.8 Å². The van der Waals surface area contributed by atoms with Crippen LogP contribution in [0.1, 0.15) is 59.8 Å². The number of carbonyl (C=O) groups excluding carboxylic acids is 1. The van der Waals surface area contributed by atoms with Gasteiger partial charge in [-0.2, -0.15) is 0 Å². The number of hydrogen-bond donors (Lipinski definition) is 0. The largest absolute Gasteiger partial charge is 0.299 e. The Bertz CT molecular complexity index is 390. The number of hydrogen-bond acceptors (Lipinski definition) is 3. The Morgan fingerprint density at radius 1 is 1.28 bits per heavy atom. The van der Waals surface area contributed by atoms with Crippen LogP contribution in [0.3, 0.4) is 0 Å². The first-order valence-electron chi connectivity index (χ1n) is 6.92. The van der Waals surface area contributed by atoms with E-state index in [1.165, 1.54) is 0 Å². The van der Waals surface area contributed by atoms with Crippen molar-refractivity contribution >= 4 is 15.6 Å². The van der Waals surface area contributed by atoms with Crippen molar-refractivity contribution in [1.82, 2.24) is 0 Å². The van der Waals surface area contributed by atoms with Crippen molar-refractivity contribution in [3.05, 3.63) is 0 Å². The molecule has 0 N–H and O–H groups in total. The van der Waals surface area contributed by atoms with Gasteiger partial charge < -0.3 is 0 Å². The first-order valence-corrected chi connectivity index (χ1v) is 8.57. The maximum absolute atomic E-state index is 12.0. The lowest BCUT2D eigenvalue weighted by Crippen LogP contribution is -2.33. The van der Waals surface area contributed by atoms with Gasteiger partial charge in [0, 0.05) is 12.3 Å². The highest BCUT2D eigenvalue weighted by Crippen LogP contribution is 2.31. The minimum absolute atomic E-state index is 0.0270. The monoisotopic (exact) mass is 274 g/mol. The molecule has 0 radical (unpaired) electrons. The molecule has 0 aromatic carbocycles. The van der Waals surface area contributed by atoms with E-state index >= 15 is 0 Å². The number of carbonyl (C=O) groups is 1. The van der Waals surface area contributed by atoms with Crippen LogP contribution in [0, 0.1) is 11.8 Å². The van der Waals surface area contributed by atoms with E-state index in [2.05, 4.69) is 6.92 Å². The summed E-state index contributed by atoms with van der Waals surface area (Å²) in [4.78, 5) is 11.8. The molecule has 18 heavy (non-hydrogen) atoms. The fourth-order valence-corrected chi connectivity index (χ4v) is 3.66. The lowest BCUT2D eigenvalue weighted by molar-refractivity contribution is -0.125. The lowest BCUT2D eigenvalue weighted by Gasteiger charge is -2.28. The topological polar surface area (TPSA) is 51.2 Å².